The van der Waals surface area contributed by atoms with Gasteiger partial charge in [-0.25, -0.2) is 4.39 Å². The SMILES string of the molecule is O=C(NCCO)c1cc(-c2ccc(OC(F)F)cc2)nn(-c2cccc(F)c2)c1=O. The molecule has 0 saturated carbocycles. The van der Waals surface area contributed by atoms with E-state index in [9.17, 15) is 22.8 Å². The average Bonchev–Trinajstić information content (AvgIpc) is 2.72. The number of ether oxygens (including phenoxy) is 1. The van der Waals surface area contributed by atoms with Crippen LogP contribution in [0.1, 0.15) is 10.4 Å². The summed E-state index contributed by atoms with van der Waals surface area (Å²) in [6.45, 7) is -3.38. The number of nitrogens with zero attached hydrogens (tertiary/aromatic N) is 2. The van der Waals surface area contributed by atoms with Gasteiger partial charge in [-0.05, 0) is 48.5 Å². The molecular formula is C20H16F3N3O4. The minimum atomic E-state index is -2.98. The number of carbonyl (C=O) groups excluding carboxylic acids is 1. The average molecular weight is 419 g/mol. The van der Waals surface area contributed by atoms with Gasteiger partial charge in [-0.2, -0.15) is 18.6 Å². The first-order valence-corrected chi connectivity index (χ1v) is 8.73. The molecule has 156 valence electrons. The largest absolute Gasteiger partial charge is 0.435 e. The molecule has 0 aliphatic rings. The molecule has 0 unspecified atom stereocenters. The highest BCUT2D eigenvalue weighted by atomic mass is 19.3. The summed E-state index contributed by atoms with van der Waals surface area (Å²) in [5, 5.41) is 15.5. The van der Waals surface area contributed by atoms with Crippen molar-refractivity contribution in [3.8, 4) is 22.7 Å². The molecule has 0 saturated heterocycles. The number of hydrogen-bond donors (Lipinski definition) is 2. The summed E-state index contributed by atoms with van der Waals surface area (Å²) in [6, 6.07) is 11.7. The van der Waals surface area contributed by atoms with Crippen LogP contribution in [0.2, 0.25) is 0 Å². The molecule has 0 aliphatic carbocycles. The van der Waals surface area contributed by atoms with Gasteiger partial charge in [0, 0.05) is 12.1 Å². The smallest absolute Gasteiger partial charge is 0.387 e. The zero-order valence-electron chi connectivity index (χ0n) is 15.4. The molecule has 1 heterocycles. The van der Waals surface area contributed by atoms with Crippen molar-refractivity contribution in [2.45, 2.75) is 6.61 Å². The molecule has 10 heteroatoms. The van der Waals surface area contributed by atoms with Crippen LogP contribution in [0.4, 0.5) is 13.2 Å². The minimum absolute atomic E-state index is 0.0739. The number of amides is 1. The van der Waals surface area contributed by atoms with E-state index in [1.54, 1.807) is 0 Å². The molecule has 1 aromatic heterocycles. The van der Waals surface area contributed by atoms with Gasteiger partial charge in [-0.1, -0.05) is 6.07 Å². The molecule has 2 aromatic carbocycles. The summed E-state index contributed by atoms with van der Waals surface area (Å²) in [5.74, 6) is -1.43. The van der Waals surface area contributed by atoms with Gasteiger partial charge >= 0.3 is 6.61 Å². The Labute approximate surface area is 168 Å². The van der Waals surface area contributed by atoms with Crippen molar-refractivity contribution in [2.75, 3.05) is 13.2 Å². The lowest BCUT2D eigenvalue weighted by Gasteiger charge is -2.12. The molecule has 2 N–H and O–H groups in total. The van der Waals surface area contributed by atoms with Crippen molar-refractivity contribution >= 4 is 5.91 Å². The molecule has 0 spiro atoms. The van der Waals surface area contributed by atoms with Crippen molar-refractivity contribution in [3.63, 3.8) is 0 Å². The van der Waals surface area contributed by atoms with Gasteiger partial charge < -0.3 is 15.2 Å². The van der Waals surface area contributed by atoms with E-state index < -0.39 is 23.9 Å². The number of benzene rings is 2. The van der Waals surface area contributed by atoms with E-state index in [1.165, 1.54) is 48.5 Å². The number of rotatable bonds is 7. The normalized spacial score (nSPS) is 10.8. The van der Waals surface area contributed by atoms with Crippen LogP contribution in [0.15, 0.2) is 59.4 Å². The maximum absolute atomic E-state index is 13.7. The number of aliphatic hydroxyl groups excluding tert-OH is 1. The highest BCUT2D eigenvalue weighted by molar-refractivity contribution is 5.94. The van der Waals surface area contributed by atoms with Gasteiger partial charge in [0.05, 0.1) is 18.0 Å². The standard InChI is InChI=1S/C20H16F3N3O4/c21-13-2-1-3-14(10-13)26-19(29)16(18(28)24-8-9-27)11-17(25-26)12-4-6-15(7-5-12)30-20(22)23/h1-7,10-11,20,27H,8-9H2,(H,24,28). The Morgan fingerprint density at radius 3 is 2.53 bits per heavy atom. The summed E-state index contributed by atoms with van der Waals surface area (Å²) in [7, 11) is 0. The second-order valence-corrected chi connectivity index (χ2v) is 6.02. The number of hydrogen-bond acceptors (Lipinski definition) is 5. The van der Waals surface area contributed by atoms with Crippen molar-refractivity contribution < 1.29 is 27.8 Å². The summed E-state index contributed by atoms with van der Waals surface area (Å²) in [5.41, 5.74) is -0.423. The monoisotopic (exact) mass is 419 g/mol. The fourth-order valence-corrected chi connectivity index (χ4v) is 2.65. The number of aliphatic hydroxyl groups is 1. The number of halogens is 3. The van der Waals surface area contributed by atoms with Gasteiger partial charge in [0.25, 0.3) is 11.5 Å². The highest BCUT2D eigenvalue weighted by Gasteiger charge is 2.17. The van der Waals surface area contributed by atoms with Crippen molar-refractivity contribution in [1.82, 2.24) is 15.1 Å². The van der Waals surface area contributed by atoms with Gasteiger partial charge in [-0.3, -0.25) is 9.59 Å². The topological polar surface area (TPSA) is 93.4 Å². The number of nitrogens with one attached hydrogen (secondary N) is 1. The van der Waals surface area contributed by atoms with E-state index in [2.05, 4.69) is 15.2 Å². The first-order chi connectivity index (χ1) is 14.4. The third kappa shape index (κ3) is 4.84. The molecule has 0 aliphatic heterocycles. The molecule has 3 aromatic rings. The van der Waals surface area contributed by atoms with Crippen LogP contribution in [-0.2, 0) is 0 Å². The zero-order valence-corrected chi connectivity index (χ0v) is 15.4. The highest BCUT2D eigenvalue weighted by Crippen LogP contribution is 2.22. The fraction of sp³-hybridized carbons (Fsp3) is 0.150. The Kier molecular flexibility index (Phi) is 6.48. The Balaban J connectivity index is 2.11. The predicted molar refractivity (Wildman–Crippen MR) is 101 cm³/mol. The second kappa shape index (κ2) is 9.23. The van der Waals surface area contributed by atoms with Crippen LogP contribution in [-0.4, -0.2) is 40.6 Å². The third-order valence-corrected chi connectivity index (χ3v) is 3.98. The van der Waals surface area contributed by atoms with Crippen LogP contribution < -0.4 is 15.6 Å². The number of carbonyl (C=O) groups is 1. The minimum Gasteiger partial charge on any atom is -0.435 e. The Bertz CT molecular complexity index is 1100. The van der Waals surface area contributed by atoms with Crippen LogP contribution >= 0.6 is 0 Å². The van der Waals surface area contributed by atoms with E-state index in [-0.39, 0.29) is 35.8 Å². The Morgan fingerprint density at radius 1 is 1.17 bits per heavy atom. The van der Waals surface area contributed by atoms with Crippen molar-refractivity contribution in [2.24, 2.45) is 0 Å². The lowest BCUT2D eigenvalue weighted by Crippen LogP contribution is -2.35. The molecule has 1 amide bonds. The predicted octanol–water partition coefficient (Wildman–Crippen LogP) is 2.36. The molecular weight excluding hydrogens is 403 g/mol. The van der Waals surface area contributed by atoms with E-state index >= 15 is 0 Å². The summed E-state index contributed by atoms with van der Waals surface area (Å²) >= 11 is 0. The van der Waals surface area contributed by atoms with Crippen LogP contribution in [0.25, 0.3) is 16.9 Å². The van der Waals surface area contributed by atoms with Crippen LogP contribution in [0, 0.1) is 5.82 Å². The summed E-state index contributed by atoms with van der Waals surface area (Å²) < 4.78 is 43.5. The van der Waals surface area contributed by atoms with E-state index in [4.69, 9.17) is 5.11 Å². The molecule has 7 nitrogen and oxygen atoms in total. The Morgan fingerprint density at radius 2 is 1.90 bits per heavy atom. The maximum atomic E-state index is 13.7. The van der Waals surface area contributed by atoms with Crippen LogP contribution in [0.3, 0.4) is 0 Å². The van der Waals surface area contributed by atoms with Crippen LogP contribution in [0.5, 0.6) is 5.75 Å². The first-order valence-electron chi connectivity index (χ1n) is 8.73. The van der Waals surface area contributed by atoms with Gasteiger partial charge in [0.1, 0.15) is 17.1 Å². The lowest BCUT2D eigenvalue weighted by atomic mass is 10.1. The molecule has 0 fully saturated rings. The Hall–Kier alpha value is -3.66. The van der Waals surface area contributed by atoms with Gasteiger partial charge in [0.15, 0.2) is 0 Å². The summed E-state index contributed by atoms with van der Waals surface area (Å²) in [4.78, 5) is 25.2. The number of alkyl halides is 2. The van der Waals surface area contributed by atoms with Crippen molar-refractivity contribution in [3.05, 3.63) is 76.3 Å². The van der Waals surface area contributed by atoms with Gasteiger partial charge in [0.2, 0.25) is 0 Å². The molecule has 30 heavy (non-hydrogen) atoms. The second-order valence-electron chi connectivity index (χ2n) is 6.02. The molecule has 0 bridgehead atoms. The third-order valence-electron chi connectivity index (χ3n) is 3.98. The van der Waals surface area contributed by atoms with Gasteiger partial charge in [-0.15, -0.1) is 0 Å². The van der Waals surface area contributed by atoms with Crippen molar-refractivity contribution in [1.29, 1.82) is 0 Å². The maximum Gasteiger partial charge on any atom is 0.387 e. The summed E-state index contributed by atoms with van der Waals surface area (Å²) in [6.07, 6.45) is 0. The number of aromatic nitrogens is 2. The molecule has 0 radical (unpaired) electrons. The molecule has 3 rings (SSSR count). The lowest BCUT2D eigenvalue weighted by molar-refractivity contribution is -0.0498. The zero-order chi connectivity index (χ0) is 21.7. The van der Waals surface area contributed by atoms with E-state index in [0.29, 0.717) is 5.56 Å². The van der Waals surface area contributed by atoms with E-state index in [0.717, 1.165) is 10.7 Å². The first kappa shape index (κ1) is 21.1. The van der Waals surface area contributed by atoms with E-state index in [1.807, 2.05) is 0 Å². The fourth-order valence-electron chi connectivity index (χ4n) is 2.65. The quantitative estimate of drug-likeness (QED) is 0.613. The molecule has 0 atom stereocenters.